The van der Waals surface area contributed by atoms with Gasteiger partial charge in [0.1, 0.15) is 5.75 Å². The molecular formula is C19H29NO3. The Hall–Kier alpha value is -1.55. The summed E-state index contributed by atoms with van der Waals surface area (Å²) in [6.07, 6.45) is 1.27. The molecule has 1 aromatic rings. The summed E-state index contributed by atoms with van der Waals surface area (Å²) in [5, 5.41) is 3.16. The first-order valence-electron chi connectivity index (χ1n) is 8.27. The maximum atomic E-state index is 12.5. The molecule has 0 radical (unpaired) electrons. The Labute approximate surface area is 139 Å². The molecule has 0 saturated carbocycles. The average Bonchev–Trinajstić information content (AvgIpc) is 2.65. The fourth-order valence-corrected chi connectivity index (χ4v) is 3.50. The molecule has 1 heterocycles. The van der Waals surface area contributed by atoms with E-state index < -0.39 is 0 Å². The summed E-state index contributed by atoms with van der Waals surface area (Å²) in [5.74, 6) is 0.992. The van der Waals surface area contributed by atoms with Gasteiger partial charge in [0.2, 0.25) is 5.91 Å². The second kappa shape index (κ2) is 6.52. The molecule has 1 saturated heterocycles. The Morgan fingerprint density at radius 2 is 2.00 bits per heavy atom. The zero-order valence-electron chi connectivity index (χ0n) is 15.1. The van der Waals surface area contributed by atoms with Gasteiger partial charge in [-0.2, -0.15) is 0 Å². The van der Waals surface area contributed by atoms with Crippen LogP contribution < -0.4 is 10.1 Å². The van der Waals surface area contributed by atoms with E-state index in [9.17, 15) is 4.79 Å². The Morgan fingerprint density at radius 1 is 1.35 bits per heavy atom. The van der Waals surface area contributed by atoms with Gasteiger partial charge in [0.05, 0.1) is 24.4 Å². The normalized spacial score (nSPS) is 23.3. The van der Waals surface area contributed by atoms with E-state index >= 15 is 0 Å². The van der Waals surface area contributed by atoms with Gasteiger partial charge in [-0.05, 0) is 51.7 Å². The van der Waals surface area contributed by atoms with Crippen LogP contribution in [0.25, 0.3) is 0 Å². The first kappa shape index (κ1) is 17.8. The van der Waals surface area contributed by atoms with E-state index in [2.05, 4.69) is 26.1 Å². The highest BCUT2D eigenvalue weighted by Gasteiger charge is 2.46. The number of para-hydroxylation sites is 1. The first-order chi connectivity index (χ1) is 10.6. The van der Waals surface area contributed by atoms with Crippen molar-refractivity contribution in [2.45, 2.75) is 70.6 Å². The molecule has 1 aliphatic heterocycles. The van der Waals surface area contributed by atoms with Gasteiger partial charge in [-0.3, -0.25) is 4.79 Å². The van der Waals surface area contributed by atoms with Crippen LogP contribution in [-0.2, 0) is 9.53 Å². The van der Waals surface area contributed by atoms with Gasteiger partial charge >= 0.3 is 0 Å². The number of carbonyl (C=O) groups excluding carboxylic acids is 1. The largest absolute Gasteiger partial charge is 0.496 e. The second-order valence-corrected chi connectivity index (χ2v) is 7.64. The number of rotatable bonds is 5. The summed E-state index contributed by atoms with van der Waals surface area (Å²) in [7, 11) is 1.66. The standard InChI is InChI=1S/C19H29NO3/c1-13(14-9-7-8-10-15(14)22-6)11-17(21)20-16-12-18(2,3)23-19(16,4)5/h7-10,13,16H,11-12H2,1-6H3,(H,20,21)/t13-,16-/m1/s1. The van der Waals surface area contributed by atoms with E-state index in [1.54, 1.807) is 7.11 Å². The molecular weight excluding hydrogens is 290 g/mol. The van der Waals surface area contributed by atoms with Crippen LogP contribution >= 0.6 is 0 Å². The molecule has 1 N–H and O–H groups in total. The Morgan fingerprint density at radius 3 is 2.57 bits per heavy atom. The van der Waals surface area contributed by atoms with Crippen LogP contribution in [0.15, 0.2) is 24.3 Å². The van der Waals surface area contributed by atoms with Crippen molar-refractivity contribution >= 4 is 5.91 Å². The Balaban J connectivity index is 2.00. The highest BCUT2D eigenvalue weighted by atomic mass is 16.5. The number of hydrogen-bond donors (Lipinski definition) is 1. The van der Waals surface area contributed by atoms with Crippen molar-refractivity contribution in [2.75, 3.05) is 7.11 Å². The molecule has 128 valence electrons. The van der Waals surface area contributed by atoms with Crippen molar-refractivity contribution in [2.24, 2.45) is 0 Å². The number of methoxy groups -OCH3 is 1. The second-order valence-electron chi connectivity index (χ2n) is 7.64. The third-order valence-corrected chi connectivity index (χ3v) is 4.57. The number of ether oxygens (including phenoxy) is 2. The fourth-order valence-electron chi connectivity index (χ4n) is 3.50. The molecule has 0 spiro atoms. The maximum Gasteiger partial charge on any atom is 0.220 e. The van der Waals surface area contributed by atoms with Gasteiger partial charge in [0.25, 0.3) is 0 Å². The van der Waals surface area contributed by atoms with E-state index in [0.29, 0.717) is 6.42 Å². The van der Waals surface area contributed by atoms with Crippen molar-refractivity contribution in [1.29, 1.82) is 0 Å². The van der Waals surface area contributed by atoms with Crippen LogP contribution in [0.3, 0.4) is 0 Å². The molecule has 1 fully saturated rings. The molecule has 2 rings (SSSR count). The lowest BCUT2D eigenvalue weighted by molar-refractivity contribution is -0.124. The quantitative estimate of drug-likeness (QED) is 0.901. The van der Waals surface area contributed by atoms with Gasteiger partial charge in [-0.25, -0.2) is 0 Å². The Bertz CT molecular complexity index is 565. The molecule has 4 heteroatoms. The molecule has 1 aliphatic rings. The predicted molar refractivity (Wildman–Crippen MR) is 91.8 cm³/mol. The topological polar surface area (TPSA) is 47.6 Å². The lowest BCUT2D eigenvalue weighted by Crippen LogP contribution is -2.46. The van der Waals surface area contributed by atoms with Crippen molar-refractivity contribution in [3.63, 3.8) is 0 Å². The summed E-state index contributed by atoms with van der Waals surface area (Å²) >= 11 is 0. The average molecular weight is 319 g/mol. The number of carbonyl (C=O) groups is 1. The molecule has 0 bridgehead atoms. The smallest absolute Gasteiger partial charge is 0.220 e. The van der Waals surface area contributed by atoms with Gasteiger partial charge in [-0.15, -0.1) is 0 Å². The van der Waals surface area contributed by atoms with Crippen LogP contribution in [0.2, 0.25) is 0 Å². The number of benzene rings is 1. The van der Waals surface area contributed by atoms with Crippen LogP contribution in [0, 0.1) is 0 Å². The minimum atomic E-state index is -0.340. The van der Waals surface area contributed by atoms with Crippen LogP contribution in [0.4, 0.5) is 0 Å². The van der Waals surface area contributed by atoms with Crippen LogP contribution in [-0.4, -0.2) is 30.3 Å². The summed E-state index contributed by atoms with van der Waals surface area (Å²) in [6.45, 7) is 10.3. The molecule has 2 atom stereocenters. The molecule has 0 aromatic heterocycles. The molecule has 1 aromatic carbocycles. The minimum Gasteiger partial charge on any atom is -0.496 e. The third kappa shape index (κ3) is 4.25. The van der Waals surface area contributed by atoms with Gasteiger partial charge < -0.3 is 14.8 Å². The summed E-state index contributed by atoms with van der Waals surface area (Å²) in [5.41, 5.74) is 0.523. The summed E-state index contributed by atoms with van der Waals surface area (Å²) in [4.78, 5) is 12.5. The van der Waals surface area contributed by atoms with Crippen LogP contribution in [0.1, 0.15) is 58.9 Å². The monoisotopic (exact) mass is 319 g/mol. The summed E-state index contributed by atoms with van der Waals surface area (Å²) in [6, 6.07) is 7.90. The van der Waals surface area contributed by atoms with Gasteiger partial charge in [-0.1, -0.05) is 25.1 Å². The first-order valence-corrected chi connectivity index (χ1v) is 8.27. The number of nitrogens with one attached hydrogen (secondary N) is 1. The highest BCUT2D eigenvalue weighted by Crippen LogP contribution is 2.37. The van der Waals surface area contributed by atoms with Crippen molar-refractivity contribution in [3.8, 4) is 5.75 Å². The van der Waals surface area contributed by atoms with Crippen molar-refractivity contribution < 1.29 is 14.3 Å². The number of hydrogen-bond acceptors (Lipinski definition) is 3. The zero-order valence-corrected chi connectivity index (χ0v) is 15.1. The minimum absolute atomic E-state index is 0.0369. The molecule has 23 heavy (non-hydrogen) atoms. The van der Waals surface area contributed by atoms with E-state index in [-0.39, 0.29) is 29.1 Å². The zero-order chi connectivity index (χ0) is 17.3. The van der Waals surface area contributed by atoms with Crippen molar-refractivity contribution in [3.05, 3.63) is 29.8 Å². The maximum absolute atomic E-state index is 12.5. The number of amides is 1. The highest BCUT2D eigenvalue weighted by molar-refractivity contribution is 5.77. The third-order valence-electron chi connectivity index (χ3n) is 4.57. The van der Waals surface area contributed by atoms with E-state index in [4.69, 9.17) is 9.47 Å². The molecule has 0 aliphatic carbocycles. The van der Waals surface area contributed by atoms with E-state index in [1.165, 1.54) is 0 Å². The molecule has 0 unspecified atom stereocenters. The SMILES string of the molecule is COc1ccccc1[C@H](C)CC(=O)N[C@@H]1CC(C)(C)OC1(C)C. The molecule has 4 nitrogen and oxygen atoms in total. The fraction of sp³-hybridized carbons (Fsp3) is 0.632. The van der Waals surface area contributed by atoms with Crippen LogP contribution in [0.5, 0.6) is 5.75 Å². The lowest BCUT2D eigenvalue weighted by Gasteiger charge is -2.28. The van der Waals surface area contributed by atoms with Gasteiger partial charge in [0.15, 0.2) is 0 Å². The Kier molecular flexibility index (Phi) is 5.04. The van der Waals surface area contributed by atoms with E-state index in [1.807, 2.05) is 38.1 Å². The summed E-state index contributed by atoms with van der Waals surface area (Å²) < 4.78 is 11.4. The lowest BCUT2D eigenvalue weighted by atomic mass is 9.93. The predicted octanol–water partition coefficient (Wildman–Crippen LogP) is 3.65. The molecule has 1 amide bonds. The van der Waals surface area contributed by atoms with Gasteiger partial charge in [0, 0.05) is 6.42 Å². The van der Waals surface area contributed by atoms with E-state index in [0.717, 1.165) is 17.7 Å². The van der Waals surface area contributed by atoms with Crippen molar-refractivity contribution in [1.82, 2.24) is 5.32 Å².